The Morgan fingerprint density at radius 2 is 1.84 bits per heavy atom. The molecule has 0 bridgehead atoms. The molecule has 1 aliphatic rings. The number of nitriles is 1. The van der Waals surface area contributed by atoms with Crippen LogP contribution in [0.1, 0.15) is 17.0 Å². The van der Waals surface area contributed by atoms with E-state index in [4.69, 9.17) is 10.5 Å². The molecular formula is C23H15N5O3. The molecule has 3 aromatic carbocycles. The van der Waals surface area contributed by atoms with E-state index in [1.165, 1.54) is 12.1 Å². The number of hydrogen-bond acceptors (Lipinski definition) is 6. The Hall–Kier alpha value is -4.64. The first kappa shape index (κ1) is 18.4. The summed E-state index contributed by atoms with van der Waals surface area (Å²) < 4.78 is 5.62. The predicted octanol–water partition coefficient (Wildman–Crippen LogP) is 4.36. The lowest BCUT2D eigenvalue weighted by atomic mass is 9.83. The minimum Gasteiger partial charge on any atom is -0.420 e. The summed E-state index contributed by atoms with van der Waals surface area (Å²) in [6.45, 7) is 0. The highest BCUT2D eigenvalue weighted by Gasteiger charge is 2.35. The second kappa shape index (κ2) is 7.00. The Kier molecular flexibility index (Phi) is 4.15. The van der Waals surface area contributed by atoms with E-state index >= 15 is 0 Å². The highest BCUT2D eigenvalue weighted by Crippen LogP contribution is 2.46. The molecule has 0 amide bonds. The van der Waals surface area contributed by atoms with Gasteiger partial charge in [-0.3, -0.25) is 15.2 Å². The van der Waals surface area contributed by atoms with Crippen LogP contribution in [0.2, 0.25) is 0 Å². The maximum Gasteiger partial charge on any atom is 0.269 e. The number of aromatic nitrogens is 2. The maximum atomic E-state index is 11.1. The van der Waals surface area contributed by atoms with Gasteiger partial charge in [0.2, 0.25) is 11.8 Å². The summed E-state index contributed by atoms with van der Waals surface area (Å²) in [4.78, 5) is 10.6. The molecular weight excluding hydrogens is 394 g/mol. The van der Waals surface area contributed by atoms with E-state index in [2.05, 4.69) is 16.3 Å². The number of hydrogen-bond donors (Lipinski definition) is 2. The van der Waals surface area contributed by atoms with Crippen LogP contribution in [0, 0.1) is 21.4 Å². The minimum absolute atomic E-state index is 0.0325. The fourth-order valence-electron chi connectivity index (χ4n) is 3.93. The van der Waals surface area contributed by atoms with Crippen molar-refractivity contribution < 1.29 is 9.66 Å². The van der Waals surface area contributed by atoms with Crippen LogP contribution in [0.5, 0.6) is 5.88 Å². The van der Waals surface area contributed by atoms with Crippen LogP contribution in [-0.4, -0.2) is 15.1 Å². The smallest absolute Gasteiger partial charge is 0.269 e. The fraction of sp³-hybridized carbons (Fsp3) is 0.0435. The first-order valence-corrected chi connectivity index (χ1v) is 9.46. The van der Waals surface area contributed by atoms with Gasteiger partial charge in [0.05, 0.1) is 22.1 Å². The molecule has 8 nitrogen and oxygen atoms in total. The summed E-state index contributed by atoms with van der Waals surface area (Å²) in [6.07, 6.45) is 0. The summed E-state index contributed by atoms with van der Waals surface area (Å²) in [5, 5.41) is 30.3. The van der Waals surface area contributed by atoms with Crippen LogP contribution < -0.4 is 10.5 Å². The topological polar surface area (TPSA) is 131 Å². The molecule has 0 spiro atoms. The van der Waals surface area contributed by atoms with E-state index in [9.17, 15) is 15.4 Å². The number of ether oxygens (including phenoxy) is 1. The molecule has 8 heteroatoms. The number of rotatable bonds is 3. The molecule has 3 N–H and O–H groups in total. The zero-order valence-corrected chi connectivity index (χ0v) is 16.1. The molecule has 1 unspecified atom stereocenters. The molecule has 4 aromatic rings. The highest BCUT2D eigenvalue weighted by atomic mass is 16.6. The van der Waals surface area contributed by atoms with Crippen molar-refractivity contribution >= 4 is 16.5 Å². The quantitative estimate of drug-likeness (QED) is 0.382. The molecule has 5 rings (SSSR count). The van der Waals surface area contributed by atoms with E-state index in [-0.39, 0.29) is 23.0 Å². The van der Waals surface area contributed by atoms with Gasteiger partial charge < -0.3 is 10.5 Å². The fourth-order valence-corrected chi connectivity index (χ4v) is 3.93. The Morgan fingerprint density at radius 3 is 2.55 bits per heavy atom. The number of H-pyrrole nitrogens is 1. The third-order valence-electron chi connectivity index (χ3n) is 5.41. The molecule has 0 saturated carbocycles. The normalized spacial score (nSPS) is 15.3. The number of nitro benzene ring substituents is 1. The van der Waals surface area contributed by atoms with Gasteiger partial charge >= 0.3 is 0 Å². The molecule has 0 fully saturated rings. The lowest BCUT2D eigenvalue weighted by Crippen LogP contribution is -2.21. The Morgan fingerprint density at radius 1 is 1.10 bits per heavy atom. The third kappa shape index (κ3) is 2.96. The minimum atomic E-state index is -0.574. The third-order valence-corrected chi connectivity index (χ3v) is 5.41. The van der Waals surface area contributed by atoms with Gasteiger partial charge in [0.1, 0.15) is 11.6 Å². The summed E-state index contributed by atoms with van der Waals surface area (Å²) >= 11 is 0. The molecule has 0 radical (unpaired) electrons. The average molecular weight is 409 g/mol. The molecule has 1 atom stereocenters. The number of allylic oxidation sites excluding steroid dienone is 1. The second-order valence-electron chi connectivity index (χ2n) is 7.15. The summed E-state index contributed by atoms with van der Waals surface area (Å²) in [6, 6.07) is 22.2. The van der Waals surface area contributed by atoms with Crippen LogP contribution in [0.25, 0.3) is 22.0 Å². The zero-order valence-electron chi connectivity index (χ0n) is 16.1. The van der Waals surface area contributed by atoms with E-state index < -0.39 is 10.8 Å². The monoisotopic (exact) mass is 409 g/mol. The van der Waals surface area contributed by atoms with E-state index in [0.717, 1.165) is 16.3 Å². The standard InChI is InChI=1S/C23H15N5O3/c24-12-18-19(14-7-9-17(10-8-14)28(29)30)20-21(26-27-23(20)31-22(18)25)16-6-5-13-3-1-2-4-15(13)11-16/h1-11,19H,25H2,(H,26,27). The van der Waals surface area contributed by atoms with Crippen molar-refractivity contribution in [2.75, 3.05) is 0 Å². The molecule has 0 aliphatic carbocycles. The number of non-ortho nitro benzene ring substituents is 1. The zero-order chi connectivity index (χ0) is 21.5. The van der Waals surface area contributed by atoms with Gasteiger partial charge in [-0.1, -0.05) is 48.5 Å². The highest BCUT2D eigenvalue weighted by molar-refractivity contribution is 5.87. The second-order valence-corrected chi connectivity index (χ2v) is 7.15. The Balaban J connectivity index is 1.70. The van der Waals surface area contributed by atoms with Crippen LogP contribution in [-0.2, 0) is 0 Å². The number of benzene rings is 3. The van der Waals surface area contributed by atoms with Gasteiger partial charge in [-0.25, -0.2) is 0 Å². The number of nitro groups is 1. The lowest BCUT2D eigenvalue weighted by Gasteiger charge is -2.24. The molecule has 31 heavy (non-hydrogen) atoms. The van der Waals surface area contributed by atoms with Gasteiger partial charge in [0, 0.05) is 17.7 Å². The molecule has 150 valence electrons. The van der Waals surface area contributed by atoms with Crippen molar-refractivity contribution in [1.29, 1.82) is 5.26 Å². The number of nitrogens with two attached hydrogens (primary N) is 1. The first-order valence-electron chi connectivity index (χ1n) is 9.46. The number of nitrogens with zero attached hydrogens (tertiary/aromatic N) is 3. The van der Waals surface area contributed by atoms with Crippen molar-refractivity contribution in [3.8, 4) is 23.2 Å². The number of aromatic amines is 1. The largest absolute Gasteiger partial charge is 0.420 e. The van der Waals surface area contributed by atoms with Crippen LogP contribution in [0.15, 0.2) is 78.2 Å². The maximum absolute atomic E-state index is 11.1. The predicted molar refractivity (Wildman–Crippen MR) is 114 cm³/mol. The first-order chi connectivity index (χ1) is 15.1. The van der Waals surface area contributed by atoms with Crippen molar-refractivity contribution in [2.45, 2.75) is 5.92 Å². The molecule has 2 heterocycles. The van der Waals surface area contributed by atoms with Crippen molar-refractivity contribution in [2.24, 2.45) is 5.73 Å². The van der Waals surface area contributed by atoms with Crippen LogP contribution in [0.3, 0.4) is 0 Å². The molecule has 1 aliphatic heterocycles. The summed E-state index contributed by atoms with van der Waals surface area (Å²) in [5.74, 6) is -0.326. The molecule has 0 saturated heterocycles. The SMILES string of the molecule is N#CC1=C(N)Oc2n[nH]c(-c3ccc4ccccc4c3)c2C1c1ccc([N+](=O)[O-])cc1. The number of fused-ring (bicyclic) bond motifs is 2. The average Bonchev–Trinajstić information content (AvgIpc) is 3.21. The van der Waals surface area contributed by atoms with Crippen molar-refractivity contribution in [3.63, 3.8) is 0 Å². The van der Waals surface area contributed by atoms with E-state index in [1.807, 2.05) is 42.5 Å². The number of nitrogens with one attached hydrogen (secondary N) is 1. The Bertz CT molecular complexity index is 1410. The van der Waals surface area contributed by atoms with E-state index in [0.29, 0.717) is 16.8 Å². The summed E-state index contributed by atoms with van der Waals surface area (Å²) in [7, 11) is 0. The van der Waals surface area contributed by atoms with Gasteiger partial charge in [-0.2, -0.15) is 5.26 Å². The Labute approximate surface area is 176 Å². The van der Waals surface area contributed by atoms with Gasteiger partial charge in [0.15, 0.2) is 0 Å². The lowest BCUT2D eigenvalue weighted by molar-refractivity contribution is -0.384. The van der Waals surface area contributed by atoms with Crippen LogP contribution >= 0.6 is 0 Å². The van der Waals surface area contributed by atoms with Gasteiger partial charge in [-0.05, 0) is 22.4 Å². The van der Waals surface area contributed by atoms with Crippen molar-refractivity contribution in [1.82, 2.24) is 10.2 Å². The summed E-state index contributed by atoms with van der Waals surface area (Å²) in [5.41, 5.74) is 9.11. The van der Waals surface area contributed by atoms with Gasteiger partial charge in [0.25, 0.3) is 5.69 Å². The van der Waals surface area contributed by atoms with Crippen molar-refractivity contribution in [3.05, 3.63) is 99.4 Å². The van der Waals surface area contributed by atoms with E-state index in [1.54, 1.807) is 12.1 Å². The van der Waals surface area contributed by atoms with Crippen LogP contribution in [0.4, 0.5) is 5.69 Å². The van der Waals surface area contributed by atoms with Gasteiger partial charge in [-0.15, -0.1) is 5.10 Å². The molecule has 1 aromatic heterocycles.